The molecule has 0 aromatic rings. The molecule has 0 aromatic heterocycles. The van der Waals surface area contributed by atoms with Crippen LogP contribution in [0.2, 0.25) is 0 Å². The lowest BCUT2D eigenvalue weighted by Crippen LogP contribution is -2.43. The molecule has 1 saturated heterocycles. The molecule has 17 heavy (non-hydrogen) atoms. The summed E-state index contributed by atoms with van der Waals surface area (Å²) >= 11 is 2.15. The molecule has 1 aliphatic carbocycles. The first-order valence-corrected chi connectivity index (χ1v) is 8.19. The molecule has 2 aliphatic rings. The molecule has 2 nitrogen and oxygen atoms in total. The molecule has 0 spiro atoms. The third-order valence-electron chi connectivity index (χ3n) is 4.31. The summed E-state index contributed by atoms with van der Waals surface area (Å²) in [7, 11) is 0. The molecule has 1 heterocycles. The Hall–Kier alpha value is 0.270. The normalized spacial score (nSPS) is 40.4. The summed E-state index contributed by atoms with van der Waals surface area (Å²) in [6.45, 7) is 9.59. The minimum absolute atomic E-state index is 0.819. The molecule has 0 radical (unpaired) electrons. The number of hydrogen-bond acceptors (Lipinski definition) is 3. The van der Waals surface area contributed by atoms with E-state index in [0.29, 0.717) is 0 Å². The smallest absolute Gasteiger partial charge is 0.0149 e. The quantitative estimate of drug-likeness (QED) is 0.841. The minimum Gasteiger partial charge on any atom is -0.330 e. The number of nitrogens with zero attached hydrogens (tertiary/aromatic N) is 1. The highest BCUT2D eigenvalue weighted by atomic mass is 32.2. The standard InChI is InChI=1S/C14H28N2S/c1-11-8-16(9-12(2)17-11)10-14-5-3-13(7-15)4-6-14/h11-14H,3-10,15H2,1-2H3. The van der Waals surface area contributed by atoms with E-state index in [1.807, 2.05) is 0 Å². The van der Waals surface area contributed by atoms with Gasteiger partial charge in [0.2, 0.25) is 0 Å². The van der Waals surface area contributed by atoms with Gasteiger partial charge in [-0.15, -0.1) is 0 Å². The summed E-state index contributed by atoms with van der Waals surface area (Å²) in [5, 5.41) is 1.64. The van der Waals surface area contributed by atoms with Crippen molar-refractivity contribution < 1.29 is 0 Å². The Labute approximate surface area is 111 Å². The van der Waals surface area contributed by atoms with Gasteiger partial charge in [-0.05, 0) is 44.1 Å². The first kappa shape index (κ1) is 13.7. The maximum atomic E-state index is 5.76. The van der Waals surface area contributed by atoms with Crippen LogP contribution in [-0.4, -0.2) is 41.6 Å². The van der Waals surface area contributed by atoms with E-state index in [0.717, 1.165) is 28.9 Å². The molecule has 3 heteroatoms. The molecule has 2 rings (SSSR count). The number of thioether (sulfide) groups is 1. The van der Waals surface area contributed by atoms with Crippen LogP contribution in [0.3, 0.4) is 0 Å². The number of rotatable bonds is 3. The van der Waals surface area contributed by atoms with E-state index in [4.69, 9.17) is 5.73 Å². The predicted molar refractivity (Wildman–Crippen MR) is 77.5 cm³/mol. The van der Waals surface area contributed by atoms with Crippen molar-refractivity contribution in [2.24, 2.45) is 17.6 Å². The van der Waals surface area contributed by atoms with Gasteiger partial charge in [-0.2, -0.15) is 11.8 Å². The molecular formula is C14H28N2S. The highest BCUT2D eigenvalue weighted by Gasteiger charge is 2.26. The average Bonchev–Trinajstić information content (AvgIpc) is 2.28. The van der Waals surface area contributed by atoms with Crippen LogP contribution in [0.15, 0.2) is 0 Å². The van der Waals surface area contributed by atoms with Crippen LogP contribution < -0.4 is 5.73 Å². The van der Waals surface area contributed by atoms with Crippen molar-refractivity contribution in [2.45, 2.75) is 50.0 Å². The van der Waals surface area contributed by atoms with Crippen LogP contribution in [0.5, 0.6) is 0 Å². The molecule has 1 saturated carbocycles. The van der Waals surface area contributed by atoms with Crippen molar-refractivity contribution in [3.05, 3.63) is 0 Å². The van der Waals surface area contributed by atoms with Gasteiger partial charge in [0.25, 0.3) is 0 Å². The summed E-state index contributed by atoms with van der Waals surface area (Å²) < 4.78 is 0. The topological polar surface area (TPSA) is 29.3 Å². The molecule has 0 aromatic carbocycles. The third-order valence-corrected chi connectivity index (χ3v) is 5.54. The zero-order valence-corrected chi connectivity index (χ0v) is 12.2. The molecule has 100 valence electrons. The second-order valence-corrected chi connectivity index (χ2v) is 7.98. The van der Waals surface area contributed by atoms with Crippen molar-refractivity contribution in [3.63, 3.8) is 0 Å². The van der Waals surface area contributed by atoms with Gasteiger partial charge in [0.05, 0.1) is 0 Å². The zero-order valence-electron chi connectivity index (χ0n) is 11.4. The molecule has 2 N–H and O–H groups in total. The fourth-order valence-corrected chi connectivity index (χ4v) is 4.84. The Morgan fingerprint density at radius 2 is 1.53 bits per heavy atom. The summed E-state index contributed by atoms with van der Waals surface area (Å²) in [6, 6.07) is 0. The van der Waals surface area contributed by atoms with Crippen LogP contribution in [-0.2, 0) is 0 Å². The van der Waals surface area contributed by atoms with Crippen molar-refractivity contribution in [1.82, 2.24) is 4.90 Å². The first-order valence-electron chi connectivity index (χ1n) is 7.25. The Morgan fingerprint density at radius 3 is 2.06 bits per heavy atom. The maximum absolute atomic E-state index is 5.76. The summed E-state index contributed by atoms with van der Waals surface area (Å²) in [5.41, 5.74) is 5.76. The van der Waals surface area contributed by atoms with Gasteiger partial charge < -0.3 is 10.6 Å². The van der Waals surface area contributed by atoms with E-state index < -0.39 is 0 Å². The third kappa shape index (κ3) is 4.15. The summed E-state index contributed by atoms with van der Waals surface area (Å²) in [5.74, 6) is 1.77. The lowest BCUT2D eigenvalue weighted by molar-refractivity contribution is 0.180. The van der Waals surface area contributed by atoms with Crippen LogP contribution in [0, 0.1) is 11.8 Å². The predicted octanol–water partition coefficient (Wildman–Crippen LogP) is 2.58. The average molecular weight is 256 g/mol. The van der Waals surface area contributed by atoms with Gasteiger partial charge in [0.1, 0.15) is 0 Å². The molecule has 1 aliphatic heterocycles. The Bertz CT molecular complexity index is 216. The van der Waals surface area contributed by atoms with Crippen molar-refractivity contribution >= 4 is 11.8 Å². The van der Waals surface area contributed by atoms with E-state index in [-0.39, 0.29) is 0 Å². The van der Waals surface area contributed by atoms with Crippen molar-refractivity contribution in [3.8, 4) is 0 Å². The molecule has 2 unspecified atom stereocenters. The zero-order chi connectivity index (χ0) is 12.3. The van der Waals surface area contributed by atoms with E-state index in [1.54, 1.807) is 0 Å². The first-order chi connectivity index (χ1) is 8.17. The van der Waals surface area contributed by atoms with Crippen LogP contribution in [0.1, 0.15) is 39.5 Å². The summed E-state index contributed by atoms with van der Waals surface area (Å²) in [6.07, 6.45) is 5.56. The fourth-order valence-electron chi connectivity index (χ4n) is 3.45. The van der Waals surface area contributed by atoms with Gasteiger partial charge in [0, 0.05) is 30.1 Å². The second-order valence-electron chi connectivity index (χ2n) is 6.10. The molecule has 2 fully saturated rings. The summed E-state index contributed by atoms with van der Waals surface area (Å²) in [4.78, 5) is 2.71. The minimum atomic E-state index is 0.819. The number of hydrogen-bond donors (Lipinski definition) is 1. The van der Waals surface area contributed by atoms with Gasteiger partial charge in [-0.1, -0.05) is 13.8 Å². The Balaban J connectivity index is 1.74. The number of nitrogens with two attached hydrogens (primary N) is 1. The van der Waals surface area contributed by atoms with Gasteiger partial charge in [0.15, 0.2) is 0 Å². The lowest BCUT2D eigenvalue weighted by atomic mass is 9.82. The van der Waals surface area contributed by atoms with E-state index in [2.05, 4.69) is 30.5 Å². The van der Waals surface area contributed by atoms with Gasteiger partial charge >= 0.3 is 0 Å². The molecule has 0 amide bonds. The molecular weight excluding hydrogens is 228 g/mol. The van der Waals surface area contributed by atoms with E-state index >= 15 is 0 Å². The second kappa shape index (κ2) is 6.44. The molecule has 0 bridgehead atoms. The van der Waals surface area contributed by atoms with Gasteiger partial charge in [-0.3, -0.25) is 0 Å². The SMILES string of the molecule is CC1CN(CC2CCC(CN)CC2)CC(C)S1. The largest absolute Gasteiger partial charge is 0.330 e. The van der Waals surface area contributed by atoms with Crippen LogP contribution in [0.25, 0.3) is 0 Å². The highest BCUT2D eigenvalue weighted by molar-refractivity contribution is 8.00. The van der Waals surface area contributed by atoms with Crippen LogP contribution in [0.4, 0.5) is 0 Å². The van der Waals surface area contributed by atoms with E-state index in [9.17, 15) is 0 Å². The Kier molecular flexibility index (Phi) is 5.19. The lowest BCUT2D eigenvalue weighted by Gasteiger charge is -2.38. The van der Waals surface area contributed by atoms with Gasteiger partial charge in [-0.25, -0.2) is 0 Å². The maximum Gasteiger partial charge on any atom is 0.0149 e. The monoisotopic (exact) mass is 256 g/mol. The van der Waals surface area contributed by atoms with Crippen LogP contribution >= 0.6 is 11.8 Å². The molecule has 2 atom stereocenters. The highest BCUT2D eigenvalue weighted by Crippen LogP contribution is 2.31. The fraction of sp³-hybridized carbons (Fsp3) is 1.00. The Morgan fingerprint density at radius 1 is 1.00 bits per heavy atom. The van der Waals surface area contributed by atoms with E-state index in [1.165, 1.54) is 45.3 Å². The van der Waals surface area contributed by atoms with Crippen molar-refractivity contribution in [1.29, 1.82) is 0 Å². The van der Waals surface area contributed by atoms with Crippen molar-refractivity contribution in [2.75, 3.05) is 26.2 Å².